The van der Waals surface area contributed by atoms with Gasteiger partial charge < -0.3 is 5.11 Å². The summed E-state index contributed by atoms with van der Waals surface area (Å²) in [5.41, 5.74) is 0.372. The van der Waals surface area contributed by atoms with E-state index in [2.05, 4.69) is 15.0 Å². The molecule has 0 aliphatic carbocycles. The SMILES string of the molecule is Cc1ccnc(C(C)C)c1-n1c(=O)nc(N(I)CCN(N)I)c2cc(F)c(-c3c(O)cccc3F)nc21. The van der Waals surface area contributed by atoms with E-state index in [0.717, 1.165) is 17.7 Å². The lowest BCUT2D eigenvalue weighted by atomic mass is 10.0. The predicted octanol–water partition coefficient (Wildman–Crippen LogP) is 4.94. The van der Waals surface area contributed by atoms with Crippen LogP contribution in [0.5, 0.6) is 5.75 Å². The zero-order valence-corrected chi connectivity index (χ0v) is 24.4. The van der Waals surface area contributed by atoms with Crippen LogP contribution in [0.1, 0.15) is 31.0 Å². The van der Waals surface area contributed by atoms with Gasteiger partial charge in [-0.2, -0.15) is 8.21 Å². The minimum atomic E-state index is -0.882. The Morgan fingerprint density at radius 3 is 2.51 bits per heavy atom. The van der Waals surface area contributed by atoms with E-state index >= 15 is 4.39 Å². The number of hydrogen-bond donors (Lipinski definition) is 2. The van der Waals surface area contributed by atoms with E-state index in [-0.39, 0.29) is 22.8 Å². The Hall–Kier alpha value is -2.50. The lowest BCUT2D eigenvalue weighted by Gasteiger charge is -2.22. The molecule has 4 aromatic rings. The maximum absolute atomic E-state index is 15.5. The first-order valence-electron chi connectivity index (χ1n) is 11.2. The maximum Gasteiger partial charge on any atom is 0.355 e. The van der Waals surface area contributed by atoms with E-state index in [0.29, 0.717) is 24.5 Å². The molecule has 13 heteroatoms. The van der Waals surface area contributed by atoms with Crippen LogP contribution in [-0.2, 0) is 0 Å². The molecule has 0 amide bonds. The molecule has 3 heterocycles. The number of benzene rings is 1. The highest BCUT2D eigenvalue weighted by Gasteiger charge is 2.25. The van der Waals surface area contributed by atoms with E-state index in [4.69, 9.17) is 5.84 Å². The fourth-order valence-corrected chi connectivity index (χ4v) is 4.79. The van der Waals surface area contributed by atoms with Gasteiger partial charge in [-0.25, -0.2) is 23.1 Å². The minimum absolute atomic E-state index is 0.0489. The molecule has 0 unspecified atom stereocenters. The van der Waals surface area contributed by atoms with Crippen LogP contribution in [0, 0.1) is 18.6 Å². The van der Waals surface area contributed by atoms with Crippen molar-refractivity contribution in [2.45, 2.75) is 26.7 Å². The molecule has 0 saturated heterocycles. The average molecular weight is 733 g/mol. The number of hydrazine groups is 1. The van der Waals surface area contributed by atoms with Crippen LogP contribution in [0.25, 0.3) is 28.0 Å². The van der Waals surface area contributed by atoms with Crippen molar-refractivity contribution in [1.82, 2.24) is 22.7 Å². The second-order valence-electron chi connectivity index (χ2n) is 8.60. The van der Waals surface area contributed by atoms with Gasteiger partial charge >= 0.3 is 5.69 Å². The maximum atomic E-state index is 15.5. The van der Waals surface area contributed by atoms with Crippen LogP contribution in [-0.4, -0.2) is 40.9 Å². The molecule has 3 aromatic heterocycles. The van der Waals surface area contributed by atoms with E-state index in [1.54, 1.807) is 15.4 Å². The fraction of sp³-hybridized carbons (Fsp3) is 0.250. The third kappa shape index (κ3) is 5.39. The van der Waals surface area contributed by atoms with Gasteiger partial charge in [0.05, 0.1) is 45.2 Å². The number of phenolic OH excluding ortho intramolecular Hbond substituents is 1. The number of aryl methyl sites for hydroxylation is 1. The van der Waals surface area contributed by atoms with Crippen molar-refractivity contribution in [3.05, 3.63) is 69.9 Å². The summed E-state index contributed by atoms with van der Waals surface area (Å²) in [6.45, 7) is 6.48. The van der Waals surface area contributed by atoms with E-state index in [9.17, 15) is 14.3 Å². The topological polar surface area (TPSA) is 113 Å². The number of fused-ring (bicyclic) bond motifs is 1. The largest absolute Gasteiger partial charge is 0.507 e. The molecule has 0 aliphatic rings. The molecule has 37 heavy (non-hydrogen) atoms. The third-order valence-corrected chi connectivity index (χ3v) is 7.12. The third-order valence-electron chi connectivity index (χ3n) is 5.69. The van der Waals surface area contributed by atoms with Gasteiger partial charge in [-0.05, 0) is 42.7 Å². The van der Waals surface area contributed by atoms with Crippen LogP contribution in [0.2, 0.25) is 0 Å². The summed E-state index contributed by atoms with van der Waals surface area (Å²) < 4.78 is 34.6. The van der Waals surface area contributed by atoms with E-state index in [1.807, 2.05) is 66.5 Å². The first kappa shape index (κ1) is 27.5. The molecule has 4 rings (SSSR count). The number of nitrogens with two attached hydrogens (primary N) is 1. The highest BCUT2D eigenvalue weighted by molar-refractivity contribution is 14.1. The van der Waals surface area contributed by atoms with Gasteiger partial charge in [0.2, 0.25) is 0 Å². The molecule has 0 fully saturated rings. The number of aromatic hydroxyl groups is 1. The molecule has 0 aliphatic heterocycles. The Labute approximate surface area is 239 Å². The predicted molar refractivity (Wildman–Crippen MR) is 155 cm³/mol. The fourth-order valence-electron chi connectivity index (χ4n) is 3.99. The van der Waals surface area contributed by atoms with Crippen molar-refractivity contribution in [3.63, 3.8) is 0 Å². The Morgan fingerprint density at radius 2 is 1.86 bits per heavy atom. The van der Waals surface area contributed by atoms with E-state index in [1.165, 1.54) is 19.9 Å². The summed E-state index contributed by atoms with van der Waals surface area (Å²) in [7, 11) is 0. The normalized spacial score (nSPS) is 11.6. The number of aromatic nitrogens is 4. The van der Waals surface area contributed by atoms with Crippen molar-refractivity contribution in [2.24, 2.45) is 5.84 Å². The molecule has 1 aromatic carbocycles. The van der Waals surface area contributed by atoms with Gasteiger partial charge in [0.1, 0.15) is 17.3 Å². The Kier molecular flexibility index (Phi) is 8.25. The monoisotopic (exact) mass is 733 g/mol. The smallest absolute Gasteiger partial charge is 0.355 e. The number of hydrogen-bond acceptors (Lipinski definition) is 8. The molecule has 194 valence electrons. The van der Waals surface area contributed by atoms with Gasteiger partial charge in [-0.3, -0.25) is 13.9 Å². The molecule has 0 saturated carbocycles. The first-order chi connectivity index (χ1) is 17.5. The van der Waals surface area contributed by atoms with Gasteiger partial charge in [-0.15, -0.1) is 0 Å². The van der Waals surface area contributed by atoms with Gasteiger partial charge in [0.15, 0.2) is 17.3 Å². The molecule has 0 bridgehead atoms. The number of anilines is 1. The number of halogens is 4. The number of pyridine rings is 2. The van der Waals surface area contributed by atoms with Crippen LogP contribution in [0.4, 0.5) is 14.6 Å². The zero-order valence-electron chi connectivity index (χ0n) is 20.1. The highest BCUT2D eigenvalue weighted by Crippen LogP contribution is 2.36. The molecule has 0 spiro atoms. The van der Waals surface area contributed by atoms with Gasteiger partial charge in [0.25, 0.3) is 0 Å². The Balaban J connectivity index is 2.13. The summed E-state index contributed by atoms with van der Waals surface area (Å²) in [5.74, 6) is 3.63. The average Bonchev–Trinajstić information content (AvgIpc) is 2.83. The summed E-state index contributed by atoms with van der Waals surface area (Å²) in [6.07, 6.45) is 1.65. The van der Waals surface area contributed by atoms with Crippen molar-refractivity contribution < 1.29 is 13.9 Å². The number of nitrogens with zero attached hydrogens (tertiary/aromatic N) is 6. The van der Waals surface area contributed by atoms with Crippen molar-refractivity contribution in [1.29, 1.82) is 0 Å². The molecule has 9 nitrogen and oxygen atoms in total. The van der Waals surface area contributed by atoms with Crippen molar-refractivity contribution >= 4 is 62.6 Å². The second kappa shape index (κ2) is 11.1. The molecule has 0 radical (unpaired) electrons. The molecule has 3 N–H and O–H groups in total. The second-order valence-corrected chi connectivity index (χ2v) is 11.0. The molecular weight excluding hydrogens is 710 g/mol. The van der Waals surface area contributed by atoms with Crippen LogP contribution in [0.3, 0.4) is 0 Å². The standard InChI is InChI=1S/C24H23F2I2N7O2/c1-12(2)19-21(13(3)7-8-30-19)35-23-14(22(32-24(35)37)33(27)9-10-34(28)29)11-16(26)20(31-23)18-15(25)5-4-6-17(18)36/h4-8,11-12,36H,9-10,29H2,1-3H3. The summed E-state index contributed by atoms with van der Waals surface area (Å²) in [6, 6.07) is 6.55. The summed E-state index contributed by atoms with van der Waals surface area (Å²) in [4.78, 5) is 26.8. The Bertz CT molecular complexity index is 1530. The number of phenols is 1. The van der Waals surface area contributed by atoms with Crippen LogP contribution < -0.4 is 14.6 Å². The van der Waals surface area contributed by atoms with E-state index < -0.39 is 34.3 Å². The molecule has 0 atom stereocenters. The lowest BCUT2D eigenvalue weighted by Crippen LogP contribution is -2.31. The Morgan fingerprint density at radius 1 is 1.14 bits per heavy atom. The summed E-state index contributed by atoms with van der Waals surface area (Å²) >= 11 is 3.90. The first-order valence-corrected chi connectivity index (χ1v) is 13.1. The van der Waals surface area contributed by atoms with Gasteiger partial charge in [0, 0.05) is 42.2 Å². The minimum Gasteiger partial charge on any atom is -0.507 e. The molecular formula is C24H23F2I2N7O2. The highest BCUT2D eigenvalue weighted by atomic mass is 127. The lowest BCUT2D eigenvalue weighted by molar-refractivity contribution is 0.470. The van der Waals surface area contributed by atoms with Crippen LogP contribution >= 0.6 is 45.7 Å². The van der Waals surface area contributed by atoms with Crippen molar-refractivity contribution in [2.75, 3.05) is 16.2 Å². The van der Waals surface area contributed by atoms with Gasteiger partial charge in [-0.1, -0.05) is 19.9 Å². The van der Waals surface area contributed by atoms with Crippen molar-refractivity contribution in [3.8, 4) is 22.7 Å². The number of rotatable bonds is 7. The zero-order chi connectivity index (χ0) is 27.0. The van der Waals surface area contributed by atoms with Crippen LogP contribution in [0.15, 0.2) is 41.3 Å². The summed E-state index contributed by atoms with van der Waals surface area (Å²) in [5, 5.41) is 10.6. The quantitative estimate of drug-likeness (QED) is 0.119.